The second kappa shape index (κ2) is 7.41. The molecule has 138 valence electrons. The third-order valence-corrected chi connectivity index (χ3v) is 5.00. The van der Waals surface area contributed by atoms with Gasteiger partial charge in [0.2, 0.25) is 0 Å². The van der Waals surface area contributed by atoms with Gasteiger partial charge in [-0.1, -0.05) is 0 Å². The van der Waals surface area contributed by atoms with Crippen LogP contribution >= 0.6 is 0 Å². The van der Waals surface area contributed by atoms with E-state index in [0.29, 0.717) is 22.7 Å². The fourth-order valence-corrected chi connectivity index (χ4v) is 3.34. The number of hydrogen-bond donors (Lipinski definition) is 2. The topological polar surface area (TPSA) is 84.2 Å². The zero-order chi connectivity index (χ0) is 18.8. The normalized spacial score (nSPS) is 17.2. The van der Waals surface area contributed by atoms with Crippen molar-refractivity contribution < 1.29 is 9.21 Å². The molecule has 1 aliphatic rings. The molecule has 6 heteroatoms. The van der Waals surface area contributed by atoms with Crippen molar-refractivity contribution in [3.8, 4) is 0 Å². The number of nitrogens with zero attached hydrogens (tertiary/aromatic N) is 1. The summed E-state index contributed by atoms with van der Waals surface area (Å²) < 4.78 is 5.49. The molecule has 0 spiro atoms. The molecular formula is C20H25N3O3. The third-order valence-electron chi connectivity index (χ3n) is 5.00. The van der Waals surface area contributed by atoms with E-state index in [0.717, 1.165) is 37.2 Å². The van der Waals surface area contributed by atoms with Crippen LogP contribution in [0.5, 0.6) is 0 Å². The van der Waals surface area contributed by atoms with Gasteiger partial charge in [0.15, 0.2) is 0 Å². The average molecular weight is 355 g/mol. The summed E-state index contributed by atoms with van der Waals surface area (Å²) in [5.41, 5.74) is 3.32. The van der Waals surface area contributed by atoms with Crippen molar-refractivity contribution >= 4 is 11.6 Å². The van der Waals surface area contributed by atoms with Gasteiger partial charge in [-0.15, -0.1) is 0 Å². The molecule has 26 heavy (non-hydrogen) atoms. The summed E-state index contributed by atoms with van der Waals surface area (Å²) >= 11 is 0. The summed E-state index contributed by atoms with van der Waals surface area (Å²) in [5.74, 6) is 0.372. The fourth-order valence-electron chi connectivity index (χ4n) is 3.34. The van der Waals surface area contributed by atoms with E-state index in [2.05, 4.69) is 15.6 Å². The number of nitrogens with one attached hydrogen (secondary N) is 2. The monoisotopic (exact) mass is 355 g/mol. The van der Waals surface area contributed by atoms with Crippen LogP contribution in [-0.4, -0.2) is 24.0 Å². The Kier molecular flexibility index (Phi) is 5.23. The zero-order valence-corrected chi connectivity index (χ0v) is 15.7. The van der Waals surface area contributed by atoms with Gasteiger partial charge in [-0.2, -0.15) is 0 Å². The third kappa shape index (κ3) is 3.70. The number of pyridine rings is 1. The van der Waals surface area contributed by atoms with Crippen LogP contribution in [0.3, 0.4) is 0 Å². The highest BCUT2D eigenvalue weighted by Gasteiger charge is 2.23. The highest BCUT2D eigenvalue weighted by Crippen LogP contribution is 2.24. The second-order valence-corrected chi connectivity index (χ2v) is 7.02. The first-order valence-electron chi connectivity index (χ1n) is 8.98. The van der Waals surface area contributed by atoms with Crippen LogP contribution < -0.4 is 16.3 Å². The lowest BCUT2D eigenvalue weighted by Gasteiger charge is -2.22. The number of aromatic nitrogens is 1. The minimum absolute atomic E-state index is 0.0511. The number of amides is 1. The van der Waals surface area contributed by atoms with E-state index in [-0.39, 0.29) is 11.5 Å². The molecule has 0 aromatic carbocycles. The molecule has 2 aromatic rings. The molecule has 0 radical (unpaired) electrons. The maximum atomic E-state index is 12.7. The summed E-state index contributed by atoms with van der Waals surface area (Å²) in [5, 5.41) is 6.11. The summed E-state index contributed by atoms with van der Waals surface area (Å²) in [4.78, 5) is 29.6. The Labute approximate surface area is 153 Å². The number of carbonyl (C=O) groups excluding carboxylic acids is 1. The number of carbonyl (C=O) groups is 1. The quantitative estimate of drug-likeness (QED) is 0.884. The van der Waals surface area contributed by atoms with E-state index >= 15 is 0 Å². The smallest absolute Gasteiger partial charge is 0.349 e. The van der Waals surface area contributed by atoms with Crippen LogP contribution in [0.4, 0.5) is 5.69 Å². The van der Waals surface area contributed by atoms with Gasteiger partial charge in [0.25, 0.3) is 5.91 Å². The van der Waals surface area contributed by atoms with Gasteiger partial charge in [-0.25, -0.2) is 4.79 Å². The predicted octanol–water partition coefficient (Wildman–Crippen LogP) is 2.99. The fraction of sp³-hybridized carbons (Fsp3) is 0.450. The minimum Gasteiger partial charge on any atom is -0.427 e. The van der Waals surface area contributed by atoms with Gasteiger partial charge in [-0.05, 0) is 70.3 Å². The highest BCUT2D eigenvalue weighted by molar-refractivity contribution is 6.05. The first-order valence-corrected chi connectivity index (χ1v) is 8.98. The SMILES string of the molecule is Cc1cc(NC(=O)c2c(C)cc(C3CCCNC3)oc2=O)c(C)nc1C. The van der Waals surface area contributed by atoms with Gasteiger partial charge in [0.1, 0.15) is 11.3 Å². The molecule has 1 saturated heterocycles. The molecule has 3 heterocycles. The number of hydrogen-bond acceptors (Lipinski definition) is 5. The lowest BCUT2D eigenvalue weighted by Crippen LogP contribution is -2.30. The Hall–Kier alpha value is -2.47. The molecule has 1 aliphatic heterocycles. The Morgan fingerprint density at radius 1 is 1.19 bits per heavy atom. The van der Waals surface area contributed by atoms with Crippen LogP contribution in [0, 0.1) is 27.7 Å². The van der Waals surface area contributed by atoms with Gasteiger partial charge >= 0.3 is 5.63 Å². The largest absolute Gasteiger partial charge is 0.427 e. The van der Waals surface area contributed by atoms with E-state index in [1.165, 1.54) is 0 Å². The molecule has 0 saturated carbocycles. The van der Waals surface area contributed by atoms with Gasteiger partial charge < -0.3 is 15.1 Å². The molecule has 0 aliphatic carbocycles. The molecular weight excluding hydrogens is 330 g/mol. The Bertz CT molecular complexity index is 896. The number of anilines is 1. The molecule has 6 nitrogen and oxygen atoms in total. The second-order valence-electron chi connectivity index (χ2n) is 7.02. The van der Waals surface area contributed by atoms with Gasteiger partial charge in [0.05, 0.1) is 11.4 Å². The van der Waals surface area contributed by atoms with Crippen molar-refractivity contribution in [1.29, 1.82) is 0 Å². The van der Waals surface area contributed by atoms with Crippen LogP contribution in [0.2, 0.25) is 0 Å². The van der Waals surface area contributed by atoms with Crippen LogP contribution in [-0.2, 0) is 0 Å². The van der Waals surface area contributed by atoms with Gasteiger partial charge in [0, 0.05) is 18.2 Å². The van der Waals surface area contributed by atoms with Crippen molar-refractivity contribution in [1.82, 2.24) is 10.3 Å². The Balaban J connectivity index is 1.88. The van der Waals surface area contributed by atoms with Crippen molar-refractivity contribution in [3.63, 3.8) is 0 Å². The molecule has 3 rings (SSSR count). The van der Waals surface area contributed by atoms with E-state index in [9.17, 15) is 9.59 Å². The molecule has 1 unspecified atom stereocenters. The molecule has 0 bridgehead atoms. The Morgan fingerprint density at radius 2 is 1.96 bits per heavy atom. The van der Waals surface area contributed by atoms with Crippen molar-refractivity contribution in [2.24, 2.45) is 0 Å². The summed E-state index contributed by atoms with van der Waals surface area (Å²) in [7, 11) is 0. The van der Waals surface area contributed by atoms with Crippen molar-refractivity contribution in [2.45, 2.75) is 46.5 Å². The number of rotatable bonds is 3. The highest BCUT2D eigenvalue weighted by atomic mass is 16.4. The molecule has 1 atom stereocenters. The summed E-state index contributed by atoms with van der Waals surface area (Å²) in [6, 6.07) is 3.69. The van der Waals surface area contributed by atoms with E-state index < -0.39 is 11.5 Å². The van der Waals surface area contributed by atoms with Crippen LogP contribution in [0.25, 0.3) is 0 Å². The van der Waals surface area contributed by atoms with Crippen molar-refractivity contribution in [2.75, 3.05) is 18.4 Å². The van der Waals surface area contributed by atoms with Crippen molar-refractivity contribution in [3.05, 3.63) is 56.4 Å². The standard InChI is InChI=1S/C20H25N3O3/c1-11-8-16(14(4)22-13(11)3)23-19(24)18-12(2)9-17(26-20(18)25)15-6-5-7-21-10-15/h8-9,15,21H,5-7,10H2,1-4H3,(H,23,24). The molecule has 1 amide bonds. The maximum absolute atomic E-state index is 12.7. The van der Waals surface area contributed by atoms with Crippen LogP contribution in [0.15, 0.2) is 21.3 Å². The van der Waals surface area contributed by atoms with Gasteiger partial charge in [-0.3, -0.25) is 9.78 Å². The van der Waals surface area contributed by atoms with E-state index in [1.807, 2.05) is 32.9 Å². The average Bonchev–Trinajstić information content (AvgIpc) is 2.59. The first-order chi connectivity index (χ1) is 12.4. The lowest BCUT2D eigenvalue weighted by molar-refractivity contribution is 0.102. The van der Waals surface area contributed by atoms with E-state index in [4.69, 9.17) is 4.42 Å². The number of piperidine rings is 1. The molecule has 2 aromatic heterocycles. The lowest BCUT2D eigenvalue weighted by atomic mass is 9.95. The first kappa shape index (κ1) is 18.3. The summed E-state index contributed by atoms with van der Waals surface area (Å²) in [6.45, 7) is 9.24. The number of aryl methyl sites for hydroxylation is 4. The molecule has 1 fully saturated rings. The predicted molar refractivity (Wildman–Crippen MR) is 101 cm³/mol. The maximum Gasteiger partial charge on any atom is 0.349 e. The minimum atomic E-state index is -0.586. The summed E-state index contributed by atoms with van der Waals surface area (Å²) in [6.07, 6.45) is 2.03. The molecule has 2 N–H and O–H groups in total. The zero-order valence-electron chi connectivity index (χ0n) is 15.7. The Morgan fingerprint density at radius 3 is 2.62 bits per heavy atom. The van der Waals surface area contributed by atoms with E-state index in [1.54, 1.807) is 6.92 Å². The van der Waals surface area contributed by atoms with Crippen LogP contribution in [0.1, 0.15) is 57.4 Å².